The monoisotopic (exact) mass is 312 g/mol. The summed E-state index contributed by atoms with van der Waals surface area (Å²) in [6.45, 7) is 3.86. The predicted octanol–water partition coefficient (Wildman–Crippen LogP) is 2.77. The van der Waals surface area contributed by atoms with Gasteiger partial charge in [-0.05, 0) is 50.4 Å². The fraction of sp³-hybridized carbons (Fsp3) is 0.571. The molecule has 1 aliphatic heterocycles. The van der Waals surface area contributed by atoms with E-state index in [2.05, 4.69) is 26.9 Å². The Morgan fingerprint density at radius 1 is 1.56 bits per heavy atom. The summed E-state index contributed by atoms with van der Waals surface area (Å²) in [4.78, 5) is 2.44. The highest BCUT2D eigenvalue weighted by Crippen LogP contribution is 2.26. The lowest BCUT2D eigenvalue weighted by Gasteiger charge is -2.26. The quantitative estimate of drug-likeness (QED) is 0.841. The maximum atomic E-state index is 9.53. The van der Waals surface area contributed by atoms with Crippen molar-refractivity contribution in [3.05, 3.63) is 28.2 Å². The van der Waals surface area contributed by atoms with Gasteiger partial charge in [0, 0.05) is 22.7 Å². The number of nitrogens with zero attached hydrogens (tertiary/aromatic N) is 1. The van der Waals surface area contributed by atoms with Crippen LogP contribution in [-0.2, 0) is 6.54 Å². The summed E-state index contributed by atoms with van der Waals surface area (Å²) in [5.74, 6) is 0. The van der Waals surface area contributed by atoms with Crippen LogP contribution in [0.25, 0.3) is 0 Å². The van der Waals surface area contributed by atoms with Crippen LogP contribution in [0.3, 0.4) is 0 Å². The van der Waals surface area contributed by atoms with Gasteiger partial charge >= 0.3 is 0 Å². The molecule has 0 aromatic heterocycles. The first-order valence-corrected chi connectivity index (χ1v) is 7.31. The number of aliphatic hydroxyl groups excluding tert-OH is 1. The Hall–Kier alpha value is -0.580. The van der Waals surface area contributed by atoms with E-state index in [9.17, 15) is 5.11 Å². The van der Waals surface area contributed by atoms with Crippen molar-refractivity contribution in [2.45, 2.75) is 44.9 Å². The third-order valence-electron chi connectivity index (χ3n) is 3.59. The highest BCUT2D eigenvalue weighted by molar-refractivity contribution is 9.10. The maximum Gasteiger partial charge on any atom is 0.0527 e. The predicted molar refractivity (Wildman–Crippen MR) is 78.3 cm³/mol. The Morgan fingerprint density at radius 3 is 3.00 bits per heavy atom. The summed E-state index contributed by atoms with van der Waals surface area (Å²) in [5.41, 5.74) is 8.06. The molecule has 1 aromatic rings. The summed E-state index contributed by atoms with van der Waals surface area (Å²) in [6, 6.07) is 6.56. The molecule has 0 radical (unpaired) electrons. The lowest BCUT2D eigenvalue weighted by Crippen LogP contribution is -2.31. The number of anilines is 1. The van der Waals surface area contributed by atoms with Gasteiger partial charge in [0.05, 0.1) is 6.10 Å². The number of rotatable bonds is 4. The van der Waals surface area contributed by atoms with E-state index in [0.29, 0.717) is 6.04 Å². The van der Waals surface area contributed by atoms with E-state index in [-0.39, 0.29) is 6.10 Å². The smallest absolute Gasteiger partial charge is 0.0527 e. The standard InChI is InChI=1S/C14H21BrN2O/c1-10(18)7-13-3-2-6-17(13)9-11-4-5-12(15)8-14(11)16/h4-5,8,10,13,18H,2-3,6-7,9,16H2,1H3. The van der Waals surface area contributed by atoms with Crippen molar-refractivity contribution in [3.63, 3.8) is 0 Å². The first-order chi connectivity index (χ1) is 8.56. The van der Waals surface area contributed by atoms with Gasteiger partial charge in [0.15, 0.2) is 0 Å². The summed E-state index contributed by atoms with van der Waals surface area (Å²) in [7, 11) is 0. The van der Waals surface area contributed by atoms with Crippen LogP contribution >= 0.6 is 15.9 Å². The number of likely N-dealkylation sites (tertiary alicyclic amines) is 1. The van der Waals surface area contributed by atoms with Crippen LogP contribution in [0.4, 0.5) is 5.69 Å². The summed E-state index contributed by atoms with van der Waals surface area (Å²) >= 11 is 3.43. The highest BCUT2D eigenvalue weighted by Gasteiger charge is 2.25. The second-order valence-electron chi connectivity index (χ2n) is 5.19. The second kappa shape index (κ2) is 6.04. The number of halogens is 1. The van der Waals surface area contributed by atoms with Crippen molar-refractivity contribution in [1.29, 1.82) is 0 Å². The Balaban J connectivity index is 2.03. The van der Waals surface area contributed by atoms with Gasteiger partial charge in [-0.25, -0.2) is 0 Å². The highest BCUT2D eigenvalue weighted by atomic mass is 79.9. The molecule has 1 heterocycles. The molecule has 2 atom stereocenters. The summed E-state index contributed by atoms with van der Waals surface area (Å²) in [6.07, 6.45) is 3.03. The van der Waals surface area contributed by atoms with E-state index in [0.717, 1.165) is 29.7 Å². The van der Waals surface area contributed by atoms with Gasteiger partial charge in [-0.15, -0.1) is 0 Å². The molecule has 0 saturated carbocycles. The number of benzene rings is 1. The third-order valence-corrected chi connectivity index (χ3v) is 4.09. The molecule has 1 aliphatic rings. The van der Waals surface area contributed by atoms with Gasteiger partial charge < -0.3 is 10.8 Å². The first-order valence-electron chi connectivity index (χ1n) is 6.52. The van der Waals surface area contributed by atoms with Crippen LogP contribution in [0, 0.1) is 0 Å². The van der Waals surface area contributed by atoms with Crippen molar-refractivity contribution in [2.24, 2.45) is 0 Å². The lowest BCUT2D eigenvalue weighted by molar-refractivity contribution is 0.131. The molecule has 4 heteroatoms. The van der Waals surface area contributed by atoms with Gasteiger partial charge in [-0.2, -0.15) is 0 Å². The Labute approximate surface area is 117 Å². The topological polar surface area (TPSA) is 49.5 Å². The molecule has 18 heavy (non-hydrogen) atoms. The molecule has 0 amide bonds. The van der Waals surface area contributed by atoms with Crippen molar-refractivity contribution >= 4 is 21.6 Å². The SMILES string of the molecule is CC(O)CC1CCCN1Cc1ccc(Br)cc1N. The molecule has 0 bridgehead atoms. The van der Waals surface area contributed by atoms with Gasteiger partial charge in [-0.3, -0.25) is 4.90 Å². The molecule has 2 rings (SSSR count). The zero-order chi connectivity index (χ0) is 13.1. The van der Waals surface area contributed by atoms with Crippen molar-refractivity contribution < 1.29 is 5.11 Å². The Bertz CT molecular complexity index is 409. The van der Waals surface area contributed by atoms with Crippen LogP contribution in [0.1, 0.15) is 31.7 Å². The lowest BCUT2D eigenvalue weighted by atomic mass is 10.1. The van der Waals surface area contributed by atoms with Gasteiger partial charge in [0.2, 0.25) is 0 Å². The minimum absolute atomic E-state index is 0.224. The molecule has 1 saturated heterocycles. The fourth-order valence-electron chi connectivity index (χ4n) is 2.69. The molecular formula is C14H21BrN2O. The van der Waals surface area contributed by atoms with Crippen molar-refractivity contribution in [3.8, 4) is 0 Å². The molecule has 3 N–H and O–H groups in total. The van der Waals surface area contributed by atoms with E-state index in [4.69, 9.17) is 5.73 Å². The van der Waals surface area contributed by atoms with Crippen LogP contribution in [0.2, 0.25) is 0 Å². The van der Waals surface area contributed by atoms with Crippen LogP contribution in [0.5, 0.6) is 0 Å². The van der Waals surface area contributed by atoms with E-state index in [1.807, 2.05) is 19.1 Å². The summed E-state index contributed by atoms with van der Waals surface area (Å²) in [5, 5.41) is 9.53. The number of nitrogen functional groups attached to an aromatic ring is 1. The van der Waals surface area contributed by atoms with Gasteiger partial charge in [-0.1, -0.05) is 22.0 Å². The molecule has 2 unspecified atom stereocenters. The zero-order valence-electron chi connectivity index (χ0n) is 10.8. The number of hydrogen-bond donors (Lipinski definition) is 2. The second-order valence-corrected chi connectivity index (χ2v) is 6.11. The van der Waals surface area contributed by atoms with E-state index >= 15 is 0 Å². The Kier molecular flexibility index (Phi) is 4.65. The largest absolute Gasteiger partial charge is 0.398 e. The van der Waals surface area contributed by atoms with Crippen molar-refractivity contribution in [1.82, 2.24) is 4.90 Å². The minimum atomic E-state index is -0.224. The molecular weight excluding hydrogens is 292 g/mol. The summed E-state index contributed by atoms with van der Waals surface area (Å²) < 4.78 is 1.02. The average molecular weight is 313 g/mol. The minimum Gasteiger partial charge on any atom is -0.398 e. The first kappa shape index (κ1) is 13.8. The fourth-order valence-corrected chi connectivity index (χ4v) is 3.07. The normalized spacial score (nSPS) is 22.3. The molecule has 1 aromatic carbocycles. The molecule has 0 aliphatic carbocycles. The van der Waals surface area contributed by atoms with Gasteiger partial charge in [0.1, 0.15) is 0 Å². The molecule has 100 valence electrons. The molecule has 1 fully saturated rings. The van der Waals surface area contributed by atoms with E-state index in [1.54, 1.807) is 0 Å². The van der Waals surface area contributed by atoms with E-state index in [1.165, 1.54) is 18.4 Å². The molecule has 0 spiro atoms. The number of aliphatic hydroxyl groups is 1. The van der Waals surface area contributed by atoms with Gasteiger partial charge in [0.25, 0.3) is 0 Å². The van der Waals surface area contributed by atoms with Crippen LogP contribution < -0.4 is 5.73 Å². The third kappa shape index (κ3) is 3.46. The number of nitrogens with two attached hydrogens (primary N) is 1. The average Bonchev–Trinajstić information content (AvgIpc) is 2.69. The van der Waals surface area contributed by atoms with Crippen molar-refractivity contribution in [2.75, 3.05) is 12.3 Å². The Morgan fingerprint density at radius 2 is 2.33 bits per heavy atom. The van der Waals surface area contributed by atoms with Crippen LogP contribution in [0.15, 0.2) is 22.7 Å². The van der Waals surface area contributed by atoms with E-state index < -0.39 is 0 Å². The maximum absolute atomic E-state index is 9.53. The number of hydrogen-bond acceptors (Lipinski definition) is 3. The molecule has 3 nitrogen and oxygen atoms in total. The van der Waals surface area contributed by atoms with Crippen LogP contribution in [-0.4, -0.2) is 28.7 Å². The zero-order valence-corrected chi connectivity index (χ0v) is 12.4.